The fourth-order valence-electron chi connectivity index (χ4n) is 1.80. The first-order chi connectivity index (χ1) is 7.92. The summed E-state index contributed by atoms with van der Waals surface area (Å²) in [6.07, 6.45) is 2.33. The van der Waals surface area contributed by atoms with Crippen LogP contribution in [0.4, 0.5) is 15.8 Å². The first kappa shape index (κ1) is 11.8. The SMILES string of the molecule is CC(Nc1ccc([N+](=O)[O-])c(F)c1)C1(C)CC1. The van der Waals surface area contributed by atoms with Gasteiger partial charge >= 0.3 is 5.69 Å². The van der Waals surface area contributed by atoms with Crippen LogP contribution in [0.15, 0.2) is 18.2 Å². The van der Waals surface area contributed by atoms with Crippen molar-refractivity contribution in [3.63, 3.8) is 0 Å². The van der Waals surface area contributed by atoms with Gasteiger partial charge in [-0.15, -0.1) is 0 Å². The molecule has 1 atom stereocenters. The van der Waals surface area contributed by atoms with Gasteiger partial charge in [-0.1, -0.05) is 6.92 Å². The quantitative estimate of drug-likeness (QED) is 0.646. The van der Waals surface area contributed by atoms with Gasteiger partial charge in [0.2, 0.25) is 5.82 Å². The van der Waals surface area contributed by atoms with Gasteiger partial charge in [0.05, 0.1) is 4.92 Å². The molecule has 5 heteroatoms. The fraction of sp³-hybridized carbons (Fsp3) is 0.500. The summed E-state index contributed by atoms with van der Waals surface area (Å²) in [6, 6.07) is 4.16. The van der Waals surface area contributed by atoms with Crippen LogP contribution in [0.1, 0.15) is 26.7 Å². The number of nitrogens with zero attached hydrogens (tertiary/aromatic N) is 1. The van der Waals surface area contributed by atoms with Gasteiger partial charge < -0.3 is 5.32 Å². The predicted octanol–water partition coefficient (Wildman–Crippen LogP) is 3.33. The van der Waals surface area contributed by atoms with E-state index in [2.05, 4.69) is 12.2 Å². The topological polar surface area (TPSA) is 55.2 Å². The fourth-order valence-corrected chi connectivity index (χ4v) is 1.80. The Hall–Kier alpha value is -1.65. The van der Waals surface area contributed by atoms with Crippen molar-refractivity contribution < 1.29 is 9.31 Å². The van der Waals surface area contributed by atoms with E-state index in [1.165, 1.54) is 12.1 Å². The molecule has 17 heavy (non-hydrogen) atoms. The molecular formula is C12H15FN2O2. The smallest absolute Gasteiger partial charge is 0.304 e. The molecule has 1 aromatic carbocycles. The Morgan fingerprint density at radius 2 is 2.18 bits per heavy atom. The molecule has 1 aliphatic carbocycles. The molecule has 1 aliphatic rings. The lowest BCUT2D eigenvalue weighted by Gasteiger charge is -2.21. The third kappa shape index (κ3) is 2.38. The van der Waals surface area contributed by atoms with E-state index in [-0.39, 0.29) is 11.5 Å². The third-order valence-corrected chi connectivity index (χ3v) is 3.61. The van der Waals surface area contributed by atoms with Crippen LogP contribution < -0.4 is 5.32 Å². The summed E-state index contributed by atoms with van der Waals surface area (Å²) < 4.78 is 13.4. The van der Waals surface area contributed by atoms with Crippen LogP contribution in [0.2, 0.25) is 0 Å². The number of nitrogens with one attached hydrogen (secondary N) is 1. The Labute approximate surface area is 99.0 Å². The summed E-state index contributed by atoms with van der Waals surface area (Å²) in [5.74, 6) is -0.798. The average Bonchev–Trinajstić information content (AvgIpc) is 2.97. The van der Waals surface area contributed by atoms with Gasteiger partial charge in [0, 0.05) is 23.9 Å². The van der Waals surface area contributed by atoms with Crippen LogP contribution in [0.25, 0.3) is 0 Å². The molecule has 92 valence electrons. The Balaban J connectivity index is 2.12. The van der Waals surface area contributed by atoms with Gasteiger partial charge in [0.15, 0.2) is 0 Å². The molecule has 0 spiro atoms. The molecule has 2 rings (SSSR count). The lowest BCUT2D eigenvalue weighted by atomic mass is 10.0. The first-order valence-corrected chi connectivity index (χ1v) is 5.63. The minimum absolute atomic E-state index is 0.239. The van der Waals surface area contributed by atoms with Crippen LogP contribution in [0, 0.1) is 21.3 Å². The van der Waals surface area contributed by atoms with E-state index < -0.39 is 16.4 Å². The zero-order valence-electron chi connectivity index (χ0n) is 9.87. The number of hydrogen-bond acceptors (Lipinski definition) is 3. The number of benzene rings is 1. The lowest BCUT2D eigenvalue weighted by molar-refractivity contribution is -0.387. The zero-order chi connectivity index (χ0) is 12.6. The normalized spacial score (nSPS) is 18.5. The third-order valence-electron chi connectivity index (χ3n) is 3.61. The van der Waals surface area contributed by atoms with E-state index >= 15 is 0 Å². The maximum atomic E-state index is 13.4. The highest BCUT2D eigenvalue weighted by atomic mass is 19.1. The van der Waals surface area contributed by atoms with Crippen LogP contribution in [0.3, 0.4) is 0 Å². The van der Waals surface area contributed by atoms with Gasteiger partial charge in [-0.3, -0.25) is 10.1 Å². The van der Waals surface area contributed by atoms with Crippen molar-refractivity contribution in [3.8, 4) is 0 Å². The van der Waals surface area contributed by atoms with Gasteiger partial charge in [-0.05, 0) is 31.2 Å². The molecular weight excluding hydrogens is 223 g/mol. The van der Waals surface area contributed by atoms with Crippen LogP contribution in [-0.4, -0.2) is 11.0 Å². The summed E-state index contributed by atoms with van der Waals surface area (Å²) in [6.45, 7) is 4.22. The highest BCUT2D eigenvalue weighted by Gasteiger charge is 2.42. The van der Waals surface area contributed by atoms with E-state index in [1.54, 1.807) is 6.07 Å². The van der Waals surface area contributed by atoms with Crippen molar-refractivity contribution in [1.82, 2.24) is 0 Å². The average molecular weight is 238 g/mol. The van der Waals surface area contributed by atoms with E-state index in [1.807, 2.05) is 6.92 Å². The molecule has 0 bridgehead atoms. The van der Waals surface area contributed by atoms with E-state index in [0.29, 0.717) is 5.69 Å². The maximum Gasteiger partial charge on any atom is 0.304 e. The second kappa shape index (κ2) is 3.98. The summed E-state index contributed by atoms with van der Waals surface area (Å²) in [5.41, 5.74) is 0.382. The standard InChI is InChI=1S/C12H15FN2O2/c1-8(12(2)5-6-12)14-9-3-4-11(15(16)17)10(13)7-9/h3-4,7-8,14H,5-6H2,1-2H3. The minimum Gasteiger partial charge on any atom is -0.382 e. The van der Waals surface area contributed by atoms with Crippen LogP contribution in [-0.2, 0) is 0 Å². The monoisotopic (exact) mass is 238 g/mol. The highest BCUT2D eigenvalue weighted by Crippen LogP contribution is 2.48. The van der Waals surface area contributed by atoms with Crippen molar-refractivity contribution in [2.45, 2.75) is 32.7 Å². The second-order valence-corrected chi connectivity index (χ2v) is 4.94. The van der Waals surface area contributed by atoms with Crippen molar-refractivity contribution in [2.75, 3.05) is 5.32 Å². The van der Waals surface area contributed by atoms with Gasteiger partial charge in [-0.25, -0.2) is 0 Å². The van der Waals surface area contributed by atoms with Crippen molar-refractivity contribution >= 4 is 11.4 Å². The number of halogens is 1. The minimum atomic E-state index is -0.798. The molecule has 0 amide bonds. The van der Waals surface area contributed by atoms with Gasteiger partial charge in [0.1, 0.15) is 0 Å². The van der Waals surface area contributed by atoms with Crippen molar-refractivity contribution in [1.29, 1.82) is 0 Å². The molecule has 0 aromatic heterocycles. The molecule has 1 fully saturated rings. The number of hydrogen-bond donors (Lipinski definition) is 1. The predicted molar refractivity (Wildman–Crippen MR) is 63.5 cm³/mol. The molecule has 0 radical (unpaired) electrons. The Morgan fingerprint density at radius 3 is 2.65 bits per heavy atom. The molecule has 4 nitrogen and oxygen atoms in total. The molecule has 1 unspecified atom stereocenters. The van der Waals surface area contributed by atoms with E-state index in [4.69, 9.17) is 0 Å². The van der Waals surface area contributed by atoms with Gasteiger partial charge in [-0.2, -0.15) is 4.39 Å². The highest BCUT2D eigenvalue weighted by molar-refractivity contribution is 5.50. The Morgan fingerprint density at radius 1 is 1.53 bits per heavy atom. The van der Waals surface area contributed by atoms with Crippen LogP contribution >= 0.6 is 0 Å². The number of rotatable bonds is 4. The lowest BCUT2D eigenvalue weighted by Crippen LogP contribution is -2.24. The first-order valence-electron chi connectivity index (χ1n) is 5.63. The van der Waals surface area contributed by atoms with E-state index in [0.717, 1.165) is 12.8 Å². The zero-order valence-corrected chi connectivity index (χ0v) is 9.87. The van der Waals surface area contributed by atoms with Crippen molar-refractivity contribution in [2.24, 2.45) is 5.41 Å². The summed E-state index contributed by atoms with van der Waals surface area (Å²) >= 11 is 0. The van der Waals surface area contributed by atoms with E-state index in [9.17, 15) is 14.5 Å². The largest absolute Gasteiger partial charge is 0.382 e. The maximum absolute atomic E-state index is 13.4. The number of nitro groups is 1. The summed E-state index contributed by atoms with van der Waals surface area (Å²) in [7, 11) is 0. The summed E-state index contributed by atoms with van der Waals surface area (Å²) in [5, 5.41) is 13.7. The summed E-state index contributed by atoms with van der Waals surface area (Å²) in [4.78, 5) is 9.75. The Kier molecular flexibility index (Phi) is 2.77. The Bertz CT molecular complexity index is 458. The van der Waals surface area contributed by atoms with Gasteiger partial charge in [0.25, 0.3) is 0 Å². The molecule has 1 saturated carbocycles. The molecule has 1 aromatic rings. The molecule has 0 saturated heterocycles. The van der Waals surface area contributed by atoms with Crippen LogP contribution in [0.5, 0.6) is 0 Å². The number of anilines is 1. The molecule has 0 aliphatic heterocycles. The molecule has 1 N–H and O–H groups in total. The van der Waals surface area contributed by atoms with Crippen molar-refractivity contribution in [3.05, 3.63) is 34.1 Å². The number of nitro benzene ring substituents is 1. The second-order valence-electron chi connectivity index (χ2n) is 4.94. The molecule has 0 heterocycles.